The van der Waals surface area contributed by atoms with Gasteiger partial charge in [0.2, 0.25) is 5.91 Å². The van der Waals surface area contributed by atoms with E-state index in [1.807, 2.05) is 6.92 Å². The van der Waals surface area contributed by atoms with E-state index in [2.05, 4.69) is 5.32 Å². The van der Waals surface area contributed by atoms with E-state index in [1.165, 1.54) is 0 Å². The van der Waals surface area contributed by atoms with Crippen LogP contribution in [0.15, 0.2) is 12.1 Å². The molecule has 0 fully saturated rings. The van der Waals surface area contributed by atoms with E-state index in [-0.39, 0.29) is 0 Å². The van der Waals surface area contributed by atoms with Crippen molar-refractivity contribution in [3.05, 3.63) is 23.3 Å². The van der Waals surface area contributed by atoms with E-state index in [9.17, 15) is 18.0 Å². The smallest absolute Gasteiger partial charge is 0.389 e. The molecular weight excluding hydrogens is 245 g/mol. The highest BCUT2D eigenvalue weighted by atomic mass is 19.4. The van der Waals surface area contributed by atoms with E-state index in [1.54, 1.807) is 19.1 Å². The Bertz CT molecular complexity index is 455. The molecule has 0 aliphatic rings. The maximum atomic E-state index is 12.0. The average Bonchev–Trinajstić information content (AvgIpc) is 2.22. The van der Waals surface area contributed by atoms with Crippen LogP contribution in [-0.4, -0.2) is 12.1 Å². The summed E-state index contributed by atoms with van der Waals surface area (Å²) < 4.78 is 35.9. The molecule has 100 valence electrons. The van der Waals surface area contributed by atoms with E-state index in [4.69, 9.17) is 5.73 Å². The SMILES string of the molecule is Cc1cc(C)c(NC(=O)CCC(F)(F)F)cc1N. The quantitative estimate of drug-likeness (QED) is 0.820. The van der Waals surface area contributed by atoms with Gasteiger partial charge in [-0.25, -0.2) is 0 Å². The Morgan fingerprint density at radius 3 is 2.44 bits per heavy atom. The number of nitrogen functional groups attached to an aromatic ring is 1. The van der Waals surface area contributed by atoms with Crippen LogP contribution >= 0.6 is 0 Å². The zero-order valence-electron chi connectivity index (χ0n) is 10.2. The lowest BCUT2D eigenvalue weighted by Crippen LogP contribution is -2.17. The molecule has 0 radical (unpaired) electrons. The first-order valence-corrected chi connectivity index (χ1v) is 5.42. The third-order valence-electron chi connectivity index (χ3n) is 2.52. The van der Waals surface area contributed by atoms with E-state index < -0.39 is 24.9 Å². The summed E-state index contributed by atoms with van der Waals surface area (Å²) >= 11 is 0. The van der Waals surface area contributed by atoms with Crippen molar-refractivity contribution in [1.82, 2.24) is 0 Å². The van der Waals surface area contributed by atoms with Gasteiger partial charge in [0.05, 0.1) is 6.42 Å². The average molecular weight is 260 g/mol. The maximum Gasteiger partial charge on any atom is 0.389 e. The Balaban J connectivity index is 2.68. The van der Waals surface area contributed by atoms with Gasteiger partial charge < -0.3 is 11.1 Å². The summed E-state index contributed by atoms with van der Waals surface area (Å²) in [6.45, 7) is 3.57. The van der Waals surface area contributed by atoms with Crippen molar-refractivity contribution in [1.29, 1.82) is 0 Å². The number of aryl methyl sites for hydroxylation is 2. The van der Waals surface area contributed by atoms with Crippen molar-refractivity contribution >= 4 is 17.3 Å². The number of alkyl halides is 3. The summed E-state index contributed by atoms with van der Waals surface area (Å²) in [6, 6.07) is 3.32. The van der Waals surface area contributed by atoms with E-state index in [0.717, 1.165) is 11.1 Å². The van der Waals surface area contributed by atoms with Gasteiger partial charge in [0.1, 0.15) is 0 Å². The van der Waals surface area contributed by atoms with Crippen LogP contribution in [0.3, 0.4) is 0 Å². The number of halogens is 3. The van der Waals surface area contributed by atoms with Crippen LogP contribution in [0.2, 0.25) is 0 Å². The summed E-state index contributed by atoms with van der Waals surface area (Å²) in [7, 11) is 0. The molecule has 1 aromatic rings. The molecule has 3 N–H and O–H groups in total. The summed E-state index contributed by atoms with van der Waals surface area (Å²) in [6.07, 6.45) is -6.03. The zero-order valence-corrected chi connectivity index (χ0v) is 10.2. The van der Waals surface area contributed by atoms with Gasteiger partial charge in [-0.3, -0.25) is 4.79 Å². The lowest BCUT2D eigenvalue weighted by molar-refractivity contribution is -0.142. The van der Waals surface area contributed by atoms with Gasteiger partial charge in [-0.1, -0.05) is 6.07 Å². The molecule has 0 saturated heterocycles. The first-order valence-electron chi connectivity index (χ1n) is 5.42. The van der Waals surface area contributed by atoms with Crippen molar-refractivity contribution < 1.29 is 18.0 Å². The maximum absolute atomic E-state index is 12.0. The normalized spacial score (nSPS) is 11.4. The molecule has 1 rings (SSSR count). The number of benzene rings is 1. The number of hydrogen-bond acceptors (Lipinski definition) is 2. The number of rotatable bonds is 3. The Morgan fingerprint density at radius 2 is 1.89 bits per heavy atom. The second kappa shape index (κ2) is 5.29. The van der Waals surface area contributed by atoms with Crippen LogP contribution in [0.5, 0.6) is 0 Å². The Labute approximate surface area is 103 Å². The van der Waals surface area contributed by atoms with Gasteiger partial charge in [-0.15, -0.1) is 0 Å². The number of carbonyl (C=O) groups is 1. The third kappa shape index (κ3) is 4.27. The molecule has 0 heterocycles. The van der Waals surface area contributed by atoms with Crippen LogP contribution in [0.25, 0.3) is 0 Å². The molecule has 0 aliphatic carbocycles. The molecular formula is C12H15F3N2O. The van der Waals surface area contributed by atoms with Gasteiger partial charge >= 0.3 is 6.18 Å². The molecule has 18 heavy (non-hydrogen) atoms. The summed E-state index contributed by atoms with van der Waals surface area (Å²) in [4.78, 5) is 11.4. The molecule has 0 bridgehead atoms. The van der Waals surface area contributed by atoms with Crippen molar-refractivity contribution in [2.24, 2.45) is 0 Å². The Kier molecular flexibility index (Phi) is 4.21. The Morgan fingerprint density at radius 1 is 1.28 bits per heavy atom. The number of amides is 1. The minimum Gasteiger partial charge on any atom is -0.398 e. The van der Waals surface area contributed by atoms with Crippen LogP contribution < -0.4 is 11.1 Å². The van der Waals surface area contributed by atoms with Crippen molar-refractivity contribution in [3.63, 3.8) is 0 Å². The molecule has 0 atom stereocenters. The predicted octanol–water partition coefficient (Wildman–Crippen LogP) is 3.17. The zero-order chi connectivity index (χ0) is 13.9. The molecule has 0 unspecified atom stereocenters. The monoisotopic (exact) mass is 260 g/mol. The second-order valence-electron chi connectivity index (χ2n) is 4.19. The predicted molar refractivity (Wildman–Crippen MR) is 64.2 cm³/mol. The van der Waals surface area contributed by atoms with Crippen LogP contribution in [0, 0.1) is 13.8 Å². The van der Waals surface area contributed by atoms with Gasteiger partial charge in [0.25, 0.3) is 0 Å². The number of hydrogen-bond donors (Lipinski definition) is 2. The molecule has 0 aliphatic heterocycles. The minimum atomic E-state index is -4.32. The number of anilines is 2. The fourth-order valence-corrected chi connectivity index (χ4v) is 1.47. The molecule has 1 aromatic carbocycles. The summed E-state index contributed by atoms with van der Waals surface area (Å²) in [5, 5.41) is 2.43. The van der Waals surface area contributed by atoms with Gasteiger partial charge in [-0.05, 0) is 31.0 Å². The molecule has 0 aromatic heterocycles. The molecule has 1 amide bonds. The molecule has 3 nitrogen and oxygen atoms in total. The Hall–Kier alpha value is -1.72. The number of carbonyl (C=O) groups excluding carboxylic acids is 1. The summed E-state index contributed by atoms with van der Waals surface area (Å²) in [5.41, 5.74) is 8.25. The largest absolute Gasteiger partial charge is 0.398 e. The van der Waals surface area contributed by atoms with Crippen LogP contribution in [-0.2, 0) is 4.79 Å². The lowest BCUT2D eigenvalue weighted by Gasteiger charge is -2.11. The first-order chi connectivity index (χ1) is 8.19. The van der Waals surface area contributed by atoms with Crippen molar-refractivity contribution in [2.75, 3.05) is 11.1 Å². The van der Waals surface area contributed by atoms with Crippen molar-refractivity contribution in [2.45, 2.75) is 32.9 Å². The number of nitrogens with one attached hydrogen (secondary N) is 1. The van der Waals surface area contributed by atoms with Gasteiger partial charge in [0, 0.05) is 17.8 Å². The standard InChI is InChI=1S/C12H15F3N2O/c1-7-5-8(2)10(6-9(7)16)17-11(18)3-4-12(13,14)15/h5-6H,3-4,16H2,1-2H3,(H,17,18). The van der Waals surface area contributed by atoms with Gasteiger partial charge in [-0.2, -0.15) is 13.2 Å². The highest BCUT2D eigenvalue weighted by molar-refractivity contribution is 5.92. The van der Waals surface area contributed by atoms with Gasteiger partial charge in [0.15, 0.2) is 0 Å². The van der Waals surface area contributed by atoms with Crippen molar-refractivity contribution in [3.8, 4) is 0 Å². The van der Waals surface area contributed by atoms with Crippen LogP contribution in [0.1, 0.15) is 24.0 Å². The van der Waals surface area contributed by atoms with Crippen LogP contribution in [0.4, 0.5) is 24.5 Å². The van der Waals surface area contributed by atoms with E-state index >= 15 is 0 Å². The fourth-order valence-electron chi connectivity index (χ4n) is 1.47. The minimum absolute atomic E-state index is 0.449. The highest BCUT2D eigenvalue weighted by Gasteiger charge is 2.27. The highest BCUT2D eigenvalue weighted by Crippen LogP contribution is 2.24. The fraction of sp³-hybridized carbons (Fsp3) is 0.417. The molecule has 0 saturated carbocycles. The molecule has 6 heteroatoms. The number of nitrogens with two attached hydrogens (primary N) is 1. The van der Waals surface area contributed by atoms with E-state index in [0.29, 0.717) is 11.4 Å². The molecule has 0 spiro atoms. The third-order valence-corrected chi connectivity index (χ3v) is 2.52. The first kappa shape index (κ1) is 14.3. The topological polar surface area (TPSA) is 55.1 Å². The lowest BCUT2D eigenvalue weighted by atomic mass is 10.1. The summed E-state index contributed by atoms with van der Waals surface area (Å²) in [5.74, 6) is -0.668. The second-order valence-corrected chi connectivity index (χ2v) is 4.19.